The number of carboxylic acid groups (broad SMARTS) is 2. The van der Waals surface area contributed by atoms with Crippen LogP contribution < -0.4 is 27.4 Å². The van der Waals surface area contributed by atoms with Crippen molar-refractivity contribution < 1.29 is 34.2 Å². The zero-order valence-corrected chi connectivity index (χ0v) is 18.2. The first kappa shape index (κ1) is 28.3. The first-order valence-electron chi connectivity index (χ1n) is 10.2. The molecule has 0 bridgehead atoms. The highest BCUT2D eigenvalue weighted by Gasteiger charge is 2.30. The van der Waals surface area contributed by atoms with E-state index in [2.05, 4.69) is 16.0 Å². The van der Waals surface area contributed by atoms with Gasteiger partial charge in [0.1, 0.15) is 18.1 Å². The summed E-state index contributed by atoms with van der Waals surface area (Å²) in [6.07, 6.45) is 1.09. The molecule has 0 radical (unpaired) electrons. The van der Waals surface area contributed by atoms with Crippen molar-refractivity contribution in [1.29, 1.82) is 0 Å². The Labute approximate surface area is 181 Å². The molecule has 0 aliphatic carbocycles. The summed E-state index contributed by atoms with van der Waals surface area (Å²) >= 11 is 0. The monoisotopic (exact) mass is 445 g/mol. The van der Waals surface area contributed by atoms with E-state index in [9.17, 15) is 29.1 Å². The Balaban J connectivity index is 5.06. The van der Waals surface area contributed by atoms with Crippen LogP contribution in [0.2, 0.25) is 0 Å². The second-order valence-electron chi connectivity index (χ2n) is 7.68. The van der Waals surface area contributed by atoms with E-state index in [0.717, 1.165) is 0 Å². The number of rotatable bonds is 15. The van der Waals surface area contributed by atoms with Gasteiger partial charge in [0.2, 0.25) is 17.7 Å². The maximum Gasteiger partial charge on any atom is 0.326 e. The zero-order valence-electron chi connectivity index (χ0n) is 18.2. The van der Waals surface area contributed by atoms with E-state index in [4.69, 9.17) is 16.6 Å². The maximum absolute atomic E-state index is 12.5. The van der Waals surface area contributed by atoms with E-state index < -0.39 is 66.2 Å². The lowest BCUT2D eigenvalue weighted by atomic mass is 10.0. The number of unbranched alkanes of at least 4 members (excludes halogenated alkanes) is 1. The molecule has 0 saturated carbocycles. The maximum atomic E-state index is 12.5. The largest absolute Gasteiger partial charge is 0.481 e. The number of nitrogens with one attached hydrogen (secondary N) is 3. The standard InChI is InChI=1S/C19H35N5O7/c1-10(2)15(19(30)31)24-18(29)13(7-8-14(25)26)23-16(27)11(3)22-17(28)12(21)6-4-5-9-20/h10-13,15H,4-9,20-21H2,1-3H3,(H,22,28)(H,23,27)(H,24,29)(H,25,26)(H,30,31). The number of hydrogen-bond donors (Lipinski definition) is 7. The van der Waals surface area contributed by atoms with Crippen LogP contribution >= 0.6 is 0 Å². The van der Waals surface area contributed by atoms with Gasteiger partial charge >= 0.3 is 11.9 Å². The SMILES string of the molecule is CC(NC(=O)C(N)CCCCN)C(=O)NC(CCC(=O)O)C(=O)NC(C(=O)O)C(C)C. The normalized spacial score (nSPS) is 14.8. The van der Waals surface area contributed by atoms with Gasteiger partial charge < -0.3 is 37.6 Å². The molecule has 0 aromatic carbocycles. The third-order valence-corrected chi connectivity index (χ3v) is 4.57. The molecule has 0 heterocycles. The predicted octanol–water partition coefficient (Wildman–Crippen LogP) is -1.48. The molecule has 0 aromatic heterocycles. The van der Waals surface area contributed by atoms with E-state index in [-0.39, 0.29) is 6.42 Å². The highest BCUT2D eigenvalue weighted by atomic mass is 16.4. The Morgan fingerprint density at radius 2 is 1.45 bits per heavy atom. The van der Waals surface area contributed by atoms with Crippen LogP contribution in [0.4, 0.5) is 0 Å². The number of aliphatic carboxylic acids is 2. The van der Waals surface area contributed by atoms with Gasteiger partial charge in [0.15, 0.2) is 0 Å². The first-order chi connectivity index (χ1) is 14.4. The molecule has 178 valence electrons. The zero-order chi connectivity index (χ0) is 24.1. The molecule has 31 heavy (non-hydrogen) atoms. The lowest BCUT2D eigenvalue weighted by Crippen LogP contribution is -2.57. The molecule has 0 rings (SSSR count). The van der Waals surface area contributed by atoms with Gasteiger partial charge in [0, 0.05) is 6.42 Å². The fourth-order valence-corrected chi connectivity index (χ4v) is 2.63. The average Bonchev–Trinajstić information content (AvgIpc) is 2.67. The van der Waals surface area contributed by atoms with Crippen molar-refractivity contribution in [3.8, 4) is 0 Å². The third-order valence-electron chi connectivity index (χ3n) is 4.57. The summed E-state index contributed by atoms with van der Waals surface area (Å²) in [6.45, 7) is 5.06. The summed E-state index contributed by atoms with van der Waals surface area (Å²) in [5.41, 5.74) is 11.2. The summed E-state index contributed by atoms with van der Waals surface area (Å²) < 4.78 is 0. The number of carbonyl (C=O) groups is 5. The fraction of sp³-hybridized carbons (Fsp3) is 0.737. The van der Waals surface area contributed by atoms with E-state index in [1.807, 2.05) is 0 Å². The summed E-state index contributed by atoms with van der Waals surface area (Å²) in [5, 5.41) is 25.2. The predicted molar refractivity (Wildman–Crippen MR) is 112 cm³/mol. The Kier molecular flexibility index (Phi) is 13.0. The van der Waals surface area contributed by atoms with Gasteiger partial charge in [-0.2, -0.15) is 0 Å². The second kappa shape index (κ2) is 14.3. The van der Waals surface area contributed by atoms with Gasteiger partial charge in [-0.05, 0) is 38.6 Å². The van der Waals surface area contributed by atoms with E-state index >= 15 is 0 Å². The third kappa shape index (κ3) is 11.3. The van der Waals surface area contributed by atoms with Crippen molar-refractivity contribution in [2.45, 2.75) is 77.0 Å². The van der Waals surface area contributed by atoms with Crippen LogP contribution in [-0.4, -0.2) is 70.6 Å². The van der Waals surface area contributed by atoms with E-state index in [1.165, 1.54) is 6.92 Å². The molecule has 0 saturated heterocycles. The number of nitrogens with two attached hydrogens (primary N) is 2. The topological polar surface area (TPSA) is 214 Å². The van der Waals surface area contributed by atoms with Gasteiger partial charge in [-0.25, -0.2) is 4.79 Å². The molecule has 12 heteroatoms. The molecule has 0 aromatic rings. The van der Waals surface area contributed by atoms with Crippen LogP contribution in [0.25, 0.3) is 0 Å². The van der Waals surface area contributed by atoms with E-state index in [0.29, 0.717) is 25.8 Å². The second-order valence-corrected chi connectivity index (χ2v) is 7.68. The van der Waals surface area contributed by atoms with Crippen molar-refractivity contribution in [1.82, 2.24) is 16.0 Å². The summed E-state index contributed by atoms with van der Waals surface area (Å²) in [5.74, 6) is -4.98. The minimum atomic E-state index is -1.29. The summed E-state index contributed by atoms with van der Waals surface area (Å²) in [4.78, 5) is 59.3. The molecular formula is C19H35N5O7. The number of carboxylic acids is 2. The highest BCUT2D eigenvalue weighted by Crippen LogP contribution is 2.05. The lowest BCUT2D eigenvalue weighted by Gasteiger charge is -2.24. The van der Waals surface area contributed by atoms with Crippen molar-refractivity contribution in [2.75, 3.05) is 6.54 Å². The molecule has 4 unspecified atom stereocenters. The quantitative estimate of drug-likeness (QED) is 0.146. The molecule has 0 aliphatic rings. The Hall–Kier alpha value is -2.73. The molecule has 0 fully saturated rings. The van der Waals surface area contributed by atoms with E-state index in [1.54, 1.807) is 13.8 Å². The molecular weight excluding hydrogens is 410 g/mol. The van der Waals surface area contributed by atoms with Crippen molar-refractivity contribution >= 4 is 29.7 Å². The smallest absolute Gasteiger partial charge is 0.326 e. The van der Waals surface area contributed by atoms with Gasteiger partial charge in [-0.3, -0.25) is 19.2 Å². The average molecular weight is 446 g/mol. The minimum Gasteiger partial charge on any atom is -0.481 e. The van der Waals surface area contributed by atoms with Crippen LogP contribution in [0, 0.1) is 5.92 Å². The molecule has 4 atom stereocenters. The van der Waals surface area contributed by atoms with Crippen LogP contribution in [-0.2, 0) is 24.0 Å². The van der Waals surface area contributed by atoms with Crippen molar-refractivity contribution in [3.63, 3.8) is 0 Å². The van der Waals surface area contributed by atoms with Crippen LogP contribution in [0.3, 0.4) is 0 Å². The molecule has 9 N–H and O–H groups in total. The first-order valence-corrected chi connectivity index (χ1v) is 10.2. The molecule has 0 aliphatic heterocycles. The molecule has 0 spiro atoms. The number of carbonyl (C=O) groups excluding carboxylic acids is 3. The van der Waals surface area contributed by atoms with Gasteiger partial charge in [0.05, 0.1) is 6.04 Å². The van der Waals surface area contributed by atoms with Crippen LogP contribution in [0.15, 0.2) is 0 Å². The van der Waals surface area contributed by atoms with Crippen LogP contribution in [0.5, 0.6) is 0 Å². The van der Waals surface area contributed by atoms with Gasteiger partial charge in [-0.1, -0.05) is 20.3 Å². The Bertz CT molecular complexity index is 641. The number of hydrogen-bond acceptors (Lipinski definition) is 7. The minimum absolute atomic E-state index is 0.253. The number of amides is 3. The van der Waals surface area contributed by atoms with Gasteiger partial charge in [0.25, 0.3) is 0 Å². The summed E-state index contributed by atoms with van der Waals surface area (Å²) in [6, 6.07) is -4.37. The fourth-order valence-electron chi connectivity index (χ4n) is 2.63. The van der Waals surface area contributed by atoms with Crippen LogP contribution in [0.1, 0.15) is 52.9 Å². The van der Waals surface area contributed by atoms with Crippen molar-refractivity contribution in [3.05, 3.63) is 0 Å². The summed E-state index contributed by atoms with van der Waals surface area (Å²) in [7, 11) is 0. The highest BCUT2D eigenvalue weighted by molar-refractivity contribution is 5.94. The Morgan fingerprint density at radius 1 is 0.839 bits per heavy atom. The Morgan fingerprint density at radius 3 is 1.94 bits per heavy atom. The lowest BCUT2D eigenvalue weighted by molar-refractivity contribution is -0.144. The van der Waals surface area contributed by atoms with Gasteiger partial charge in [-0.15, -0.1) is 0 Å². The molecule has 3 amide bonds. The molecule has 12 nitrogen and oxygen atoms in total. The van der Waals surface area contributed by atoms with Crippen molar-refractivity contribution in [2.24, 2.45) is 17.4 Å².